The zero-order chi connectivity index (χ0) is 27.1. The largest absolute Gasteiger partial charge is 0.482 e. The second kappa shape index (κ2) is 12.8. The Morgan fingerprint density at radius 2 is 1.62 bits per heavy atom. The molecule has 1 heterocycles. The summed E-state index contributed by atoms with van der Waals surface area (Å²) in [5.41, 5.74) is 2.38. The van der Waals surface area contributed by atoms with Crippen molar-refractivity contribution in [1.82, 2.24) is 14.8 Å². The average Bonchev–Trinajstić information content (AvgIpc) is 3.20. The van der Waals surface area contributed by atoms with E-state index < -0.39 is 5.25 Å². The van der Waals surface area contributed by atoms with Crippen LogP contribution in [0.5, 0.6) is 5.75 Å². The van der Waals surface area contributed by atoms with Crippen LogP contribution in [0.2, 0.25) is 0 Å². The summed E-state index contributed by atoms with van der Waals surface area (Å²) in [7, 11) is 0. The molecule has 3 aromatic rings. The fourth-order valence-corrected chi connectivity index (χ4v) is 4.73. The van der Waals surface area contributed by atoms with Crippen molar-refractivity contribution >= 4 is 35.0 Å². The van der Waals surface area contributed by atoms with Gasteiger partial charge in [-0.15, -0.1) is 10.2 Å². The number of nitrogens with one attached hydrogen (secondary N) is 2. The molecule has 9 heteroatoms. The van der Waals surface area contributed by atoms with E-state index in [-0.39, 0.29) is 17.9 Å². The first-order chi connectivity index (χ1) is 17.5. The molecule has 0 saturated carbocycles. The van der Waals surface area contributed by atoms with E-state index in [1.54, 1.807) is 24.3 Å². The summed E-state index contributed by atoms with van der Waals surface area (Å²) in [6.07, 6.45) is -0.318. The lowest BCUT2D eigenvalue weighted by Gasteiger charge is -2.21. The smallest absolute Gasteiger partial charge is 0.237 e. The molecule has 198 valence electrons. The van der Waals surface area contributed by atoms with E-state index in [2.05, 4.69) is 59.2 Å². The maximum absolute atomic E-state index is 13.0. The number of aromatic nitrogens is 3. The standard InChI is InChI=1S/C28H37N5O3S/c1-17(2)16-33-26(19(5)36-25-14-9-8-13-24(25)18(3)4)31-32-28(33)37-20(6)27(35)30-23-12-10-11-22(15-23)29-21(7)34/h8-15,17-20H,16H2,1-7H3,(H,29,34)(H,30,35). The maximum atomic E-state index is 13.0. The third kappa shape index (κ3) is 7.82. The van der Waals surface area contributed by atoms with Gasteiger partial charge >= 0.3 is 0 Å². The van der Waals surface area contributed by atoms with Crippen molar-refractivity contribution in [2.75, 3.05) is 10.6 Å². The van der Waals surface area contributed by atoms with Gasteiger partial charge in [0.05, 0.1) is 5.25 Å². The van der Waals surface area contributed by atoms with Gasteiger partial charge in [0.15, 0.2) is 17.1 Å². The van der Waals surface area contributed by atoms with Gasteiger partial charge in [-0.05, 0) is 55.5 Å². The Hall–Kier alpha value is -3.33. The van der Waals surface area contributed by atoms with Crippen LogP contribution < -0.4 is 15.4 Å². The van der Waals surface area contributed by atoms with Crippen LogP contribution in [0, 0.1) is 5.92 Å². The summed E-state index contributed by atoms with van der Waals surface area (Å²) in [5.74, 6) is 1.92. The van der Waals surface area contributed by atoms with Crippen LogP contribution in [-0.4, -0.2) is 31.8 Å². The number of nitrogens with zero attached hydrogens (tertiary/aromatic N) is 3. The zero-order valence-electron chi connectivity index (χ0n) is 22.6. The lowest BCUT2D eigenvalue weighted by Crippen LogP contribution is -2.23. The highest BCUT2D eigenvalue weighted by molar-refractivity contribution is 8.00. The first-order valence-corrected chi connectivity index (χ1v) is 13.5. The van der Waals surface area contributed by atoms with E-state index in [0.29, 0.717) is 34.9 Å². The Morgan fingerprint density at radius 3 is 2.27 bits per heavy atom. The number of thioether (sulfide) groups is 1. The van der Waals surface area contributed by atoms with Crippen molar-refractivity contribution in [2.24, 2.45) is 5.92 Å². The van der Waals surface area contributed by atoms with Gasteiger partial charge in [-0.25, -0.2) is 0 Å². The molecule has 1 aromatic heterocycles. The highest BCUT2D eigenvalue weighted by atomic mass is 32.2. The minimum Gasteiger partial charge on any atom is -0.482 e. The molecule has 2 aromatic carbocycles. The Bertz CT molecular complexity index is 1220. The third-order valence-electron chi connectivity index (χ3n) is 5.60. The number of carbonyl (C=O) groups is 2. The summed E-state index contributed by atoms with van der Waals surface area (Å²) in [5, 5.41) is 14.8. The van der Waals surface area contributed by atoms with Gasteiger partial charge in [-0.3, -0.25) is 9.59 Å². The van der Waals surface area contributed by atoms with E-state index in [1.165, 1.54) is 18.7 Å². The van der Waals surface area contributed by atoms with Crippen LogP contribution in [-0.2, 0) is 16.1 Å². The number of anilines is 2. The second-order valence-electron chi connectivity index (χ2n) is 9.81. The molecule has 0 fully saturated rings. The minimum atomic E-state index is -0.426. The van der Waals surface area contributed by atoms with Gasteiger partial charge in [-0.2, -0.15) is 0 Å². The van der Waals surface area contributed by atoms with Crippen LogP contribution in [0.15, 0.2) is 53.7 Å². The lowest BCUT2D eigenvalue weighted by atomic mass is 10.0. The van der Waals surface area contributed by atoms with E-state index in [4.69, 9.17) is 4.74 Å². The normalized spacial score (nSPS) is 12.9. The molecule has 2 amide bonds. The molecule has 3 rings (SSSR count). The fraction of sp³-hybridized carbons (Fsp3) is 0.429. The van der Waals surface area contributed by atoms with E-state index in [0.717, 1.165) is 17.1 Å². The minimum absolute atomic E-state index is 0.166. The molecule has 0 bridgehead atoms. The van der Waals surface area contributed by atoms with Gasteiger partial charge in [0.1, 0.15) is 5.75 Å². The fourth-order valence-electron chi connectivity index (χ4n) is 3.87. The number of rotatable bonds is 11. The zero-order valence-corrected chi connectivity index (χ0v) is 23.4. The lowest BCUT2D eigenvalue weighted by molar-refractivity contribution is -0.115. The molecule has 2 N–H and O–H groups in total. The van der Waals surface area contributed by atoms with Crippen LogP contribution in [0.3, 0.4) is 0 Å². The highest BCUT2D eigenvalue weighted by Crippen LogP contribution is 2.32. The number of benzene rings is 2. The predicted octanol–water partition coefficient (Wildman–Crippen LogP) is 6.28. The summed E-state index contributed by atoms with van der Waals surface area (Å²) in [6.45, 7) is 14.5. The summed E-state index contributed by atoms with van der Waals surface area (Å²) in [6, 6.07) is 15.1. The molecule has 0 aliphatic carbocycles. The van der Waals surface area contributed by atoms with Gasteiger partial charge in [0.2, 0.25) is 11.8 Å². The van der Waals surface area contributed by atoms with Crippen molar-refractivity contribution < 1.29 is 14.3 Å². The van der Waals surface area contributed by atoms with E-state index >= 15 is 0 Å². The van der Waals surface area contributed by atoms with Crippen LogP contribution in [0.25, 0.3) is 0 Å². The monoisotopic (exact) mass is 523 g/mol. The van der Waals surface area contributed by atoms with Crippen molar-refractivity contribution in [2.45, 2.75) is 77.4 Å². The Kier molecular flexibility index (Phi) is 9.74. The molecule has 2 atom stereocenters. The molecule has 2 unspecified atom stereocenters. The van der Waals surface area contributed by atoms with Crippen molar-refractivity contribution in [3.63, 3.8) is 0 Å². The topological polar surface area (TPSA) is 98.1 Å². The first kappa shape index (κ1) is 28.2. The SMILES string of the molecule is CC(=O)Nc1cccc(NC(=O)C(C)Sc2nnc(C(C)Oc3ccccc3C(C)C)n2CC(C)C)c1. The number of para-hydroxylation sites is 1. The molecule has 0 spiro atoms. The van der Waals surface area contributed by atoms with E-state index in [9.17, 15) is 9.59 Å². The van der Waals surface area contributed by atoms with Crippen LogP contribution in [0.1, 0.15) is 71.9 Å². The average molecular weight is 524 g/mol. The van der Waals surface area contributed by atoms with Crippen LogP contribution in [0.4, 0.5) is 11.4 Å². The Balaban J connectivity index is 1.76. The van der Waals surface area contributed by atoms with Crippen molar-refractivity contribution in [1.29, 1.82) is 0 Å². The Labute approximate surface area is 223 Å². The third-order valence-corrected chi connectivity index (χ3v) is 6.68. The van der Waals surface area contributed by atoms with Crippen LogP contribution >= 0.6 is 11.8 Å². The quantitative estimate of drug-likeness (QED) is 0.287. The Morgan fingerprint density at radius 1 is 0.946 bits per heavy atom. The number of ether oxygens (including phenoxy) is 1. The van der Waals surface area contributed by atoms with Crippen molar-refractivity contribution in [3.8, 4) is 5.75 Å². The van der Waals surface area contributed by atoms with Gasteiger partial charge in [0, 0.05) is 24.8 Å². The molecule has 0 aliphatic rings. The summed E-state index contributed by atoms with van der Waals surface area (Å²) in [4.78, 5) is 24.3. The maximum Gasteiger partial charge on any atom is 0.237 e. The molecule has 37 heavy (non-hydrogen) atoms. The second-order valence-corrected chi connectivity index (χ2v) is 11.1. The predicted molar refractivity (Wildman–Crippen MR) is 149 cm³/mol. The van der Waals surface area contributed by atoms with Gasteiger partial charge in [0.25, 0.3) is 0 Å². The van der Waals surface area contributed by atoms with Gasteiger partial charge < -0.3 is 19.9 Å². The molecule has 0 radical (unpaired) electrons. The van der Waals surface area contributed by atoms with Gasteiger partial charge in [-0.1, -0.05) is 63.7 Å². The number of hydrogen-bond acceptors (Lipinski definition) is 6. The summed E-state index contributed by atoms with van der Waals surface area (Å²) >= 11 is 1.36. The molecule has 0 aliphatic heterocycles. The molecule has 0 saturated heterocycles. The molecular formula is C28H37N5O3S. The first-order valence-electron chi connectivity index (χ1n) is 12.6. The number of carbonyl (C=O) groups excluding carboxylic acids is 2. The molecular weight excluding hydrogens is 486 g/mol. The van der Waals surface area contributed by atoms with Crippen molar-refractivity contribution in [3.05, 3.63) is 59.9 Å². The molecule has 8 nitrogen and oxygen atoms in total. The number of amides is 2. The summed E-state index contributed by atoms with van der Waals surface area (Å²) < 4.78 is 8.41. The van der Waals surface area contributed by atoms with E-state index in [1.807, 2.05) is 32.0 Å². The highest BCUT2D eigenvalue weighted by Gasteiger charge is 2.24. The number of hydrogen-bond donors (Lipinski definition) is 2.